The van der Waals surface area contributed by atoms with Crippen molar-refractivity contribution in [3.8, 4) is 11.8 Å². The summed E-state index contributed by atoms with van der Waals surface area (Å²) in [7, 11) is 1.34. The molecule has 0 aromatic heterocycles. The number of hydroxylamine groups is 1. The van der Waals surface area contributed by atoms with Gasteiger partial charge in [-0.2, -0.15) is 5.26 Å². The molecule has 156 valence electrons. The van der Waals surface area contributed by atoms with Gasteiger partial charge in [0.05, 0.1) is 11.6 Å². The minimum atomic E-state index is -1.12. The topological polar surface area (TPSA) is 141 Å². The third-order valence-corrected chi connectivity index (χ3v) is 4.58. The van der Waals surface area contributed by atoms with Crippen LogP contribution in [0.25, 0.3) is 0 Å². The van der Waals surface area contributed by atoms with E-state index < -0.39 is 24.2 Å². The van der Waals surface area contributed by atoms with Crippen LogP contribution >= 0.6 is 22.6 Å². The number of aromatic hydroxyl groups is 1. The zero-order valence-electron chi connectivity index (χ0n) is 15.7. The van der Waals surface area contributed by atoms with Gasteiger partial charge in [-0.15, -0.1) is 0 Å². The van der Waals surface area contributed by atoms with E-state index in [4.69, 9.17) is 19.9 Å². The molecule has 9 nitrogen and oxygen atoms in total. The molecule has 2 amide bonds. The van der Waals surface area contributed by atoms with E-state index in [0.717, 1.165) is 9.65 Å². The second-order valence-electron chi connectivity index (χ2n) is 5.88. The molecule has 0 aliphatic rings. The predicted molar refractivity (Wildman–Crippen MR) is 115 cm³/mol. The number of phenolic OH excluding ortho intramolecular Hbond substituents is 1. The van der Waals surface area contributed by atoms with Gasteiger partial charge in [-0.1, -0.05) is 0 Å². The molecule has 0 spiro atoms. The molecule has 2 atom stereocenters. The van der Waals surface area contributed by atoms with E-state index in [-0.39, 0.29) is 11.3 Å². The predicted octanol–water partition coefficient (Wildman–Crippen LogP) is 3.23. The maximum absolute atomic E-state index is 12.5. The number of nitriles is 1. The zero-order valence-corrected chi connectivity index (χ0v) is 17.9. The smallest absolute Gasteiger partial charge is 0.412 e. The Morgan fingerprint density at radius 3 is 2.53 bits per heavy atom. The fourth-order valence-corrected chi connectivity index (χ4v) is 2.99. The van der Waals surface area contributed by atoms with Crippen LogP contribution in [-0.2, 0) is 14.3 Å². The van der Waals surface area contributed by atoms with Gasteiger partial charge in [0, 0.05) is 28.0 Å². The van der Waals surface area contributed by atoms with E-state index in [9.17, 15) is 14.7 Å². The molecule has 0 saturated heterocycles. The van der Waals surface area contributed by atoms with Crippen LogP contribution in [-0.4, -0.2) is 35.5 Å². The number of methoxy groups -OCH3 is 1. The number of nitrogens with one attached hydrogen (secondary N) is 2. The van der Waals surface area contributed by atoms with Gasteiger partial charge in [0.1, 0.15) is 11.9 Å². The maximum Gasteiger partial charge on any atom is 0.412 e. The van der Waals surface area contributed by atoms with Gasteiger partial charge in [-0.3, -0.25) is 15.3 Å². The minimum Gasteiger partial charge on any atom is -0.508 e. The monoisotopic (exact) mass is 523 g/mol. The highest BCUT2D eigenvalue weighted by atomic mass is 127. The number of carbonyl (C=O) groups is 2. The number of amides is 2. The van der Waals surface area contributed by atoms with Crippen molar-refractivity contribution in [2.45, 2.75) is 12.2 Å². The first kappa shape index (κ1) is 23.1. The highest BCUT2D eigenvalue weighted by Gasteiger charge is 2.28. The van der Waals surface area contributed by atoms with Gasteiger partial charge in [0.25, 0.3) is 5.91 Å². The second-order valence-corrected chi connectivity index (χ2v) is 7.12. The Hall–Kier alpha value is -3.14. The molecule has 30 heavy (non-hydrogen) atoms. The summed E-state index contributed by atoms with van der Waals surface area (Å²) in [6, 6.07) is 12.9. The van der Waals surface area contributed by atoms with Crippen molar-refractivity contribution < 1.29 is 29.4 Å². The Bertz CT molecular complexity index is 971. The molecule has 2 rings (SSSR count). The van der Waals surface area contributed by atoms with E-state index in [0.29, 0.717) is 11.3 Å². The number of hydrogen-bond donors (Lipinski definition) is 4. The first-order chi connectivity index (χ1) is 14.4. The van der Waals surface area contributed by atoms with E-state index >= 15 is 0 Å². The number of phenols is 1. The van der Waals surface area contributed by atoms with Crippen LogP contribution in [0, 0.1) is 14.9 Å². The molecule has 0 aliphatic carbocycles. The Morgan fingerprint density at radius 1 is 1.23 bits per heavy atom. The first-order valence-corrected chi connectivity index (χ1v) is 9.57. The van der Waals surface area contributed by atoms with Gasteiger partial charge in [-0.05, 0) is 71.1 Å². The summed E-state index contributed by atoms with van der Waals surface area (Å²) in [6.07, 6.45) is -0.632. The summed E-state index contributed by atoms with van der Waals surface area (Å²) in [5, 5.41) is 30.3. The molecule has 0 saturated carbocycles. The average Bonchev–Trinajstić information content (AvgIpc) is 2.75. The van der Waals surface area contributed by atoms with Crippen molar-refractivity contribution in [1.29, 1.82) is 5.26 Å². The third-order valence-electron chi connectivity index (χ3n) is 3.91. The van der Waals surface area contributed by atoms with Crippen molar-refractivity contribution in [2.24, 2.45) is 0 Å². The third kappa shape index (κ3) is 6.45. The summed E-state index contributed by atoms with van der Waals surface area (Å²) in [6.45, 7) is 0. The summed E-state index contributed by atoms with van der Waals surface area (Å²) >= 11 is 2.04. The average molecular weight is 523 g/mol. The van der Waals surface area contributed by atoms with Crippen LogP contribution in [0.1, 0.15) is 17.2 Å². The largest absolute Gasteiger partial charge is 0.508 e. The molecular formula is C20H18IN3O6. The van der Waals surface area contributed by atoms with Gasteiger partial charge in [0.2, 0.25) is 0 Å². The van der Waals surface area contributed by atoms with E-state index in [1.54, 1.807) is 12.1 Å². The number of carbonyl (C=O) groups excluding carboxylic acids is 2. The fourth-order valence-electron chi connectivity index (χ4n) is 2.47. The molecule has 0 fully saturated rings. The fraction of sp³-hybridized carbons (Fsp3) is 0.150. The van der Waals surface area contributed by atoms with Crippen molar-refractivity contribution in [3.63, 3.8) is 0 Å². The van der Waals surface area contributed by atoms with Crippen LogP contribution < -0.4 is 10.8 Å². The van der Waals surface area contributed by atoms with Gasteiger partial charge in [0.15, 0.2) is 6.10 Å². The minimum absolute atomic E-state index is 0.131. The second kappa shape index (κ2) is 11.1. The highest BCUT2D eigenvalue weighted by molar-refractivity contribution is 14.1. The number of benzene rings is 2. The lowest BCUT2D eigenvalue weighted by molar-refractivity contribution is -0.124. The number of ether oxygens (including phenoxy) is 2. The van der Waals surface area contributed by atoms with Crippen LogP contribution in [0.5, 0.6) is 5.75 Å². The Balaban J connectivity index is 2.30. The van der Waals surface area contributed by atoms with Gasteiger partial charge in [-0.25, -0.2) is 10.3 Å². The van der Waals surface area contributed by atoms with E-state index in [1.807, 2.05) is 28.7 Å². The zero-order chi connectivity index (χ0) is 22.1. The van der Waals surface area contributed by atoms with Crippen molar-refractivity contribution in [2.75, 3.05) is 12.4 Å². The molecule has 0 heterocycles. The Labute approximate surface area is 186 Å². The molecule has 0 aliphatic heterocycles. The number of nitrogens with zero attached hydrogens (tertiary/aromatic N) is 1. The first-order valence-electron chi connectivity index (χ1n) is 8.49. The molecule has 2 aromatic rings. The van der Waals surface area contributed by atoms with Crippen LogP contribution in [0.4, 0.5) is 10.5 Å². The lowest BCUT2D eigenvalue weighted by Crippen LogP contribution is -2.27. The van der Waals surface area contributed by atoms with Gasteiger partial charge >= 0.3 is 6.09 Å². The molecular weight excluding hydrogens is 505 g/mol. The summed E-state index contributed by atoms with van der Waals surface area (Å²) in [5.41, 5.74) is 2.54. The van der Waals surface area contributed by atoms with Gasteiger partial charge < -0.3 is 14.6 Å². The van der Waals surface area contributed by atoms with Crippen LogP contribution in [0.3, 0.4) is 0 Å². The molecule has 0 bridgehead atoms. The Kier molecular flexibility index (Phi) is 8.60. The van der Waals surface area contributed by atoms with Crippen molar-refractivity contribution >= 4 is 40.3 Å². The summed E-state index contributed by atoms with van der Waals surface area (Å²) in [5.74, 6) is -0.932. The van der Waals surface area contributed by atoms with Crippen LogP contribution in [0.2, 0.25) is 0 Å². The highest BCUT2D eigenvalue weighted by Crippen LogP contribution is 2.33. The number of rotatable bonds is 7. The molecule has 2 aromatic carbocycles. The lowest BCUT2D eigenvalue weighted by Gasteiger charge is -2.25. The van der Waals surface area contributed by atoms with Crippen molar-refractivity contribution in [1.82, 2.24) is 5.48 Å². The molecule has 4 N–H and O–H groups in total. The van der Waals surface area contributed by atoms with E-state index in [2.05, 4.69) is 5.32 Å². The lowest BCUT2D eigenvalue weighted by atomic mass is 10.0. The standard InChI is InChI=1S/C20H18IN3O6/c1-29-17(8-9-18(26)24-28)19(15-10-13(21)4-7-16(15)25)30-20(27)23-14-5-2-12(11-22)3-6-14/h2-10,17,19,25,28H,1H3,(H,23,27)(H,24,26)/b9-8+/t17-,19-/m0/s1. The number of anilines is 1. The Morgan fingerprint density at radius 2 is 1.93 bits per heavy atom. The molecule has 0 unspecified atom stereocenters. The quantitative estimate of drug-likeness (QED) is 0.189. The van der Waals surface area contributed by atoms with E-state index in [1.165, 1.54) is 49.0 Å². The molecule has 10 heteroatoms. The SMILES string of the molecule is CO[C@@H](/C=C/C(=O)NO)[C@@H](OC(=O)Nc1ccc(C#N)cc1)c1cc(I)ccc1O. The number of hydrogen-bond acceptors (Lipinski definition) is 7. The van der Waals surface area contributed by atoms with Crippen molar-refractivity contribution in [3.05, 3.63) is 69.3 Å². The molecule has 0 radical (unpaired) electrons. The summed E-state index contributed by atoms with van der Waals surface area (Å²) in [4.78, 5) is 23.8. The maximum atomic E-state index is 12.5. The van der Waals surface area contributed by atoms with Crippen LogP contribution in [0.15, 0.2) is 54.6 Å². The normalized spacial score (nSPS) is 12.6. The summed E-state index contributed by atoms with van der Waals surface area (Å²) < 4.78 is 11.6. The number of halogens is 1.